The van der Waals surface area contributed by atoms with Gasteiger partial charge in [0.1, 0.15) is 11.7 Å². The fraction of sp³-hybridized carbons (Fsp3) is 0.250. The molecule has 2 heterocycles. The molecule has 7 nitrogen and oxygen atoms in total. The number of carbonyl (C=O) groups excluding carboxylic acids is 2. The van der Waals surface area contributed by atoms with Crippen molar-refractivity contribution in [1.82, 2.24) is 15.2 Å². The van der Waals surface area contributed by atoms with Crippen molar-refractivity contribution in [1.29, 1.82) is 0 Å². The number of halogens is 3. The second-order valence-corrected chi connectivity index (χ2v) is 11.2. The van der Waals surface area contributed by atoms with Crippen molar-refractivity contribution in [3.8, 4) is 11.1 Å². The van der Waals surface area contributed by atoms with Crippen LogP contribution >= 0.6 is 11.3 Å². The highest BCUT2D eigenvalue weighted by Crippen LogP contribution is 2.34. The summed E-state index contributed by atoms with van der Waals surface area (Å²) in [5.41, 5.74) is 1.69. The van der Waals surface area contributed by atoms with Crippen LogP contribution in [0.4, 0.5) is 13.2 Å². The van der Waals surface area contributed by atoms with Crippen LogP contribution in [0.3, 0.4) is 0 Å². The molecule has 0 saturated carbocycles. The second-order valence-electron chi connectivity index (χ2n) is 10.3. The van der Waals surface area contributed by atoms with Crippen LogP contribution in [0.2, 0.25) is 0 Å². The van der Waals surface area contributed by atoms with Gasteiger partial charge < -0.3 is 15.3 Å². The number of hydrogen-bond donors (Lipinski definition) is 2. The van der Waals surface area contributed by atoms with Crippen molar-refractivity contribution in [2.45, 2.75) is 37.4 Å². The first-order chi connectivity index (χ1) is 20.6. The Bertz CT molecular complexity index is 1600. The number of rotatable bonds is 8. The van der Waals surface area contributed by atoms with E-state index >= 15 is 0 Å². The largest absolute Gasteiger partial charge is 0.480 e. The van der Waals surface area contributed by atoms with Crippen molar-refractivity contribution in [3.63, 3.8) is 0 Å². The van der Waals surface area contributed by atoms with Gasteiger partial charge in [-0.1, -0.05) is 60.7 Å². The number of amides is 2. The average molecular weight is 608 g/mol. The number of aromatic nitrogens is 1. The molecule has 5 rings (SSSR count). The normalized spacial score (nSPS) is 14.7. The quantitative estimate of drug-likeness (QED) is 0.246. The number of nitrogens with zero attached hydrogens (tertiary/aromatic N) is 2. The van der Waals surface area contributed by atoms with Crippen LogP contribution in [0, 0.1) is 0 Å². The van der Waals surface area contributed by atoms with Gasteiger partial charge in [-0.2, -0.15) is 13.2 Å². The second kappa shape index (κ2) is 12.8. The lowest BCUT2D eigenvalue weighted by molar-refractivity contribution is -0.139. The number of thiazole rings is 1. The van der Waals surface area contributed by atoms with Gasteiger partial charge in [0, 0.05) is 36.4 Å². The fourth-order valence-corrected chi connectivity index (χ4v) is 6.09. The molecule has 11 heteroatoms. The topological polar surface area (TPSA) is 99.6 Å². The van der Waals surface area contributed by atoms with E-state index in [9.17, 15) is 32.7 Å². The number of carboxylic acid groups (broad SMARTS) is 1. The van der Waals surface area contributed by atoms with Crippen molar-refractivity contribution in [2.24, 2.45) is 0 Å². The number of alkyl halides is 3. The maximum Gasteiger partial charge on any atom is 0.416 e. The Morgan fingerprint density at radius 2 is 1.60 bits per heavy atom. The lowest BCUT2D eigenvalue weighted by atomic mass is 9.94. The molecule has 2 N–H and O–H groups in total. The fourth-order valence-electron chi connectivity index (χ4n) is 5.12. The number of benzene rings is 3. The third-order valence-electron chi connectivity index (χ3n) is 7.45. The van der Waals surface area contributed by atoms with Gasteiger partial charge in [0.25, 0.3) is 11.8 Å². The molecular formula is C32H28F3N3O4S. The zero-order chi connectivity index (χ0) is 30.6. The van der Waals surface area contributed by atoms with Crippen LogP contribution in [0.25, 0.3) is 11.1 Å². The van der Waals surface area contributed by atoms with Crippen molar-refractivity contribution < 1.29 is 32.7 Å². The molecule has 1 aromatic heterocycles. The van der Waals surface area contributed by atoms with Gasteiger partial charge in [-0.05, 0) is 47.7 Å². The SMILES string of the molecule is O=C(NC(Cc1ccccc1)C(=O)O)c1csc(C2CCN(C(=O)c3ccccc3-c3ccc(C(F)(F)F)cc3)CC2)n1. The molecule has 43 heavy (non-hydrogen) atoms. The van der Waals surface area contributed by atoms with Gasteiger partial charge in [-0.15, -0.1) is 11.3 Å². The van der Waals surface area contributed by atoms with Crippen LogP contribution in [0.5, 0.6) is 0 Å². The van der Waals surface area contributed by atoms with Crippen LogP contribution in [0.1, 0.15) is 55.7 Å². The highest BCUT2D eigenvalue weighted by Gasteiger charge is 2.31. The summed E-state index contributed by atoms with van der Waals surface area (Å²) in [5.74, 6) is -1.87. The maximum atomic E-state index is 13.5. The van der Waals surface area contributed by atoms with Gasteiger partial charge >= 0.3 is 12.1 Å². The van der Waals surface area contributed by atoms with E-state index < -0.39 is 29.7 Å². The van der Waals surface area contributed by atoms with E-state index in [1.807, 2.05) is 6.07 Å². The highest BCUT2D eigenvalue weighted by atomic mass is 32.1. The van der Waals surface area contributed by atoms with Gasteiger partial charge in [-0.3, -0.25) is 9.59 Å². The minimum Gasteiger partial charge on any atom is -0.480 e. The summed E-state index contributed by atoms with van der Waals surface area (Å²) in [6.45, 7) is 0.897. The van der Waals surface area contributed by atoms with E-state index in [2.05, 4.69) is 10.3 Å². The summed E-state index contributed by atoms with van der Waals surface area (Å²) in [6, 6.07) is 19.6. The van der Waals surface area contributed by atoms with Crippen LogP contribution in [0.15, 0.2) is 84.2 Å². The molecule has 4 aromatic rings. The first-order valence-corrected chi connectivity index (χ1v) is 14.6. The summed E-state index contributed by atoms with van der Waals surface area (Å²) in [5, 5.41) is 14.5. The Morgan fingerprint density at radius 1 is 0.953 bits per heavy atom. The highest BCUT2D eigenvalue weighted by molar-refractivity contribution is 7.09. The summed E-state index contributed by atoms with van der Waals surface area (Å²) in [6.07, 6.45) is -3.06. The molecule has 222 valence electrons. The predicted octanol–water partition coefficient (Wildman–Crippen LogP) is 6.27. The van der Waals surface area contributed by atoms with Crippen molar-refractivity contribution in [3.05, 3.63) is 112 Å². The Labute approximate surface area is 250 Å². The van der Waals surface area contributed by atoms with E-state index in [0.717, 1.165) is 22.7 Å². The zero-order valence-corrected chi connectivity index (χ0v) is 23.7. The number of carbonyl (C=O) groups is 3. The van der Waals surface area contributed by atoms with E-state index in [1.165, 1.54) is 23.5 Å². The molecule has 1 unspecified atom stereocenters. The summed E-state index contributed by atoms with van der Waals surface area (Å²) in [4.78, 5) is 44.3. The maximum absolute atomic E-state index is 13.5. The summed E-state index contributed by atoms with van der Waals surface area (Å²) < 4.78 is 39.0. The molecule has 0 spiro atoms. The third kappa shape index (κ3) is 7.11. The molecule has 1 atom stereocenters. The van der Waals surface area contributed by atoms with Gasteiger partial charge in [0.2, 0.25) is 0 Å². The summed E-state index contributed by atoms with van der Waals surface area (Å²) in [7, 11) is 0. The van der Waals surface area contributed by atoms with Crippen LogP contribution < -0.4 is 5.32 Å². The summed E-state index contributed by atoms with van der Waals surface area (Å²) >= 11 is 1.33. The minimum atomic E-state index is -4.44. The van der Waals surface area contributed by atoms with Gasteiger partial charge in [-0.25, -0.2) is 9.78 Å². The molecule has 0 aliphatic carbocycles. The Kier molecular flexibility index (Phi) is 8.91. The molecular weight excluding hydrogens is 579 g/mol. The first-order valence-electron chi connectivity index (χ1n) is 13.7. The third-order valence-corrected chi connectivity index (χ3v) is 8.46. The van der Waals surface area contributed by atoms with Gasteiger partial charge in [0.15, 0.2) is 0 Å². The first kappa shape index (κ1) is 30.0. The van der Waals surface area contributed by atoms with Crippen LogP contribution in [-0.4, -0.2) is 51.9 Å². The van der Waals surface area contributed by atoms with E-state index in [4.69, 9.17) is 0 Å². The predicted molar refractivity (Wildman–Crippen MR) is 156 cm³/mol. The number of aliphatic carboxylic acids is 1. The Balaban J connectivity index is 1.21. The molecule has 0 radical (unpaired) electrons. The van der Waals surface area contributed by atoms with E-state index in [0.29, 0.717) is 42.6 Å². The Morgan fingerprint density at radius 3 is 2.26 bits per heavy atom. The van der Waals surface area contributed by atoms with Gasteiger partial charge in [0.05, 0.1) is 10.6 Å². The number of piperidine rings is 1. The smallest absolute Gasteiger partial charge is 0.416 e. The lowest BCUT2D eigenvalue weighted by Gasteiger charge is -2.31. The van der Waals surface area contributed by atoms with Crippen molar-refractivity contribution >= 4 is 29.1 Å². The molecule has 3 aromatic carbocycles. The molecule has 0 bridgehead atoms. The molecule has 2 amide bonds. The minimum absolute atomic E-state index is 0.0281. The standard InChI is InChI=1S/C32H28F3N3O4S/c33-32(34,35)23-12-10-21(11-13-23)24-8-4-5-9-25(24)30(40)38-16-14-22(15-17-38)29-37-27(19-43-29)28(39)36-26(31(41)42)18-20-6-2-1-3-7-20/h1-13,19,22,26H,14-18H2,(H,36,39)(H,41,42). The molecule has 1 aliphatic rings. The Hall–Kier alpha value is -4.51. The zero-order valence-electron chi connectivity index (χ0n) is 22.9. The van der Waals surface area contributed by atoms with Crippen LogP contribution in [-0.2, 0) is 17.4 Å². The number of nitrogens with one attached hydrogen (secondary N) is 1. The monoisotopic (exact) mass is 607 g/mol. The number of hydrogen-bond acceptors (Lipinski definition) is 5. The van der Waals surface area contributed by atoms with E-state index in [-0.39, 0.29) is 23.9 Å². The van der Waals surface area contributed by atoms with E-state index in [1.54, 1.807) is 58.8 Å². The molecule has 1 saturated heterocycles. The van der Waals surface area contributed by atoms with Crippen molar-refractivity contribution in [2.75, 3.05) is 13.1 Å². The number of likely N-dealkylation sites (tertiary alicyclic amines) is 1. The average Bonchev–Trinajstić information content (AvgIpc) is 3.51. The lowest BCUT2D eigenvalue weighted by Crippen LogP contribution is -2.42. The molecule has 1 aliphatic heterocycles. The molecule has 1 fully saturated rings. The number of carboxylic acids is 1.